The van der Waals surface area contributed by atoms with Crippen molar-refractivity contribution in [3.8, 4) is 0 Å². The zero-order valence-corrected chi connectivity index (χ0v) is 16.3. The fourth-order valence-corrected chi connectivity index (χ4v) is 5.27. The summed E-state index contributed by atoms with van der Waals surface area (Å²) in [6.45, 7) is 7.90. The first-order valence-electron chi connectivity index (χ1n) is 9.42. The highest BCUT2D eigenvalue weighted by molar-refractivity contribution is 7.11. The number of amides is 1. The number of aryl methyl sites for hydroxylation is 2. The molecule has 2 aromatic heterocycles. The van der Waals surface area contributed by atoms with Crippen molar-refractivity contribution >= 4 is 17.2 Å². The lowest BCUT2D eigenvalue weighted by Crippen LogP contribution is -2.47. The van der Waals surface area contributed by atoms with E-state index in [-0.39, 0.29) is 5.91 Å². The Balaban J connectivity index is 1.44. The van der Waals surface area contributed by atoms with Crippen molar-refractivity contribution in [3.05, 3.63) is 45.7 Å². The third kappa shape index (κ3) is 3.81. The van der Waals surface area contributed by atoms with Crippen molar-refractivity contribution in [1.29, 1.82) is 0 Å². The Morgan fingerprint density at radius 3 is 2.88 bits per heavy atom. The number of hydrogen-bond acceptors (Lipinski definition) is 5. The van der Waals surface area contributed by atoms with Crippen molar-refractivity contribution in [3.63, 3.8) is 0 Å². The second-order valence-electron chi connectivity index (χ2n) is 7.62. The van der Waals surface area contributed by atoms with Gasteiger partial charge in [0.15, 0.2) is 0 Å². The van der Waals surface area contributed by atoms with Crippen LogP contribution < -0.4 is 0 Å². The normalized spacial score (nSPS) is 23.2. The maximum Gasteiger partial charge on any atom is 0.228 e. The van der Waals surface area contributed by atoms with E-state index in [1.807, 2.05) is 32.3 Å². The van der Waals surface area contributed by atoms with Crippen LogP contribution in [0.5, 0.6) is 0 Å². The van der Waals surface area contributed by atoms with E-state index in [1.165, 1.54) is 12.0 Å². The lowest BCUT2D eigenvalue weighted by molar-refractivity contribution is -0.134. The molecule has 6 heteroatoms. The number of thiazole rings is 1. The average molecular weight is 371 g/mol. The van der Waals surface area contributed by atoms with E-state index in [0.717, 1.165) is 48.2 Å². The van der Waals surface area contributed by atoms with Crippen molar-refractivity contribution in [2.45, 2.75) is 45.7 Å². The summed E-state index contributed by atoms with van der Waals surface area (Å²) in [5.41, 5.74) is 2.27. The zero-order valence-electron chi connectivity index (χ0n) is 15.5. The van der Waals surface area contributed by atoms with Crippen LogP contribution in [-0.2, 0) is 17.8 Å². The summed E-state index contributed by atoms with van der Waals surface area (Å²) in [5, 5.41) is 1.05. The molecule has 0 saturated carbocycles. The van der Waals surface area contributed by atoms with Gasteiger partial charge in [0.05, 0.1) is 17.1 Å². The fourth-order valence-electron chi connectivity index (χ4n) is 4.34. The maximum absolute atomic E-state index is 13.0. The molecule has 3 aliphatic rings. The second kappa shape index (κ2) is 7.45. The Kier molecular flexibility index (Phi) is 5.05. The maximum atomic E-state index is 13.0. The van der Waals surface area contributed by atoms with Crippen molar-refractivity contribution < 1.29 is 4.79 Å². The minimum atomic E-state index is 0.273. The van der Waals surface area contributed by atoms with Crippen molar-refractivity contribution in [2.24, 2.45) is 5.92 Å². The zero-order chi connectivity index (χ0) is 18.1. The van der Waals surface area contributed by atoms with Crippen molar-refractivity contribution in [2.75, 3.05) is 19.6 Å². The second-order valence-corrected chi connectivity index (χ2v) is 8.90. The molecule has 2 atom stereocenters. The minimum Gasteiger partial charge on any atom is -0.338 e. The first-order chi connectivity index (χ1) is 12.6. The molecule has 3 aliphatic heterocycles. The number of nitrogens with zero attached hydrogens (tertiary/aromatic N) is 4. The Labute approximate surface area is 159 Å². The summed E-state index contributed by atoms with van der Waals surface area (Å²) >= 11 is 1.66. The highest BCUT2D eigenvalue weighted by Crippen LogP contribution is 2.30. The minimum absolute atomic E-state index is 0.273. The number of fused-ring (bicyclic) bond motifs is 4. The molecule has 0 N–H and O–H groups in total. The summed E-state index contributed by atoms with van der Waals surface area (Å²) in [6.07, 6.45) is 6.63. The van der Waals surface area contributed by atoms with Gasteiger partial charge in [-0.05, 0) is 44.2 Å². The van der Waals surface area contributed by atoms with Gasteiger partial charge in [0.25, 0.3) is 0 Å². The molecule has 5 rings (SSSR count). The van der Waals surface area contributed by atoms with Gasteiger partial charge in [-0.1, -0.05) is 6.07 Å². The van der Waals surface area contributed by atoms with Crippen LogP contribution in [0.1, 0.15) is 34.0 Å². The molecular weight excluding hydrogens is 344 g/mol. The topological polar surface area (TPSA) is 49.3 Å². The van der Waals surface area contributed by atoms with Gasteiger partial charge >= 0.3 is 0 Å². The third-order valence-corrected chi connectivity index (χ3v) is 6.62. The predicted octanol–water partition coefficient (Wildman–Crippen LogP) is 2.82. The molecule has 26 heavy (non-hydrogen) atoms. The lowest BCUT2D eigenvalue weighted by atomic mass is 9.94. The van der Waals surface area contributed by atoms with Gasteiger partial charge in [-0.3, -0.25) is 14.7 Å². The van der Waals surface area contributed by atoms with E-state index in [0.29, 0.717) is 18.4 Å². The van der Waals surface area contributed by atoms with Crippen LogP contribution >= 0.6 is 11.3 Å². The van der Waals surface area contributed by atoms with Gasteiger partial charge in [-0.25, -0.2) is 4.98 Å². The van der Waals surface area contributed by atoms with E-state index in [4.69, 9.17) is 0 Å². The number of carbonyl (C=O) groups is 1. The molecule has 3 saturated heterocycles. The van der Waals surface area contributed by atoms with Gasteiger partial charge in [0, 0.05) is 49.5 Å². The van der Waals surface area contributed by atoms with Gasteiger partial charge in [-0.2, -0.15) is 0 Å². The Morgan fingerprint density at radius 1 is 1.27 bits per heavy atom. The van der Waals surface area contributed by atoms with Crippen LogP contribution in [0.2, 0.25) is 0 Å². The predicted molar refractivity (Wildman–Crippen MR) is 103 cm³/mol. The van der Waals surface area contributed by atoms with Crippen LogP contribution in [0.4, 0.5) is 0 Å². The van der Waals surface area contributed by atoms with Crippen LogP contribution in [-0.4, -0.2) is 51.4 Å². The SMILES string of the molecule is Cc1nc(C)c(CC(=O)N2C[C@H]3CC[C@@H]2CN(Cc2cccnc2)C3)s1. The van der Waals surface area contributed by atoms with E-state index in [9.17, 15) is 4.79 Å². The fraction of sp³-hybridized carbons (Fsp3) is 0.550. The van der Waals surface area contributed by atoms with Crippen LogP contribution in [0.25, 0.3) is 0 Å². The highest BCUT2D eigenvalue weighted by atomic mass is 32.1. The number of rotatable bonds is 4. The largest absolute Gasteiger partial charge is 0.338 e. The summed E-state index contributed by atoms with van der Waals surface area (Å²) in [4.78, 5) is 27.5. The molecule has 0 unspecified atom stereocenters. The van der Waals surface area contributed by atoms with Gasteiger partial charge in [0.1, 0.15) is 0 Å². The standard InChI is InChI=1S/C20H26N4OS/c1-14-19(26-15(2)22-14)8-20(25)24-12-17-5-6-18(24)13-23(11-17)10-16-4-3-7-21-9-16/h3-4,7,9,17-18H,5-6,8,10-13H2,1-2H3/t17-,18+/m0/s1. The summed E-state index contributed by atoms with van der Waals surface area (Å²) in [6, 6.07) is 4.47. The van der Waals surface area contributed by atoms with E-state index in [2.05, 4.69) is 25.8 Å². The van der Waals surface area contributed by atoms with Crippen LogP contribution in [0.3, 0.4) is 0 Å². The number of pyridine rings is 1. The first kappa shape index (κ1) is 17.6. The van der Waals surface area contributed by atoms with E-state index in [1.54, 1.807) is 11.3 Å². The number of carbonyl (C=O) groups excluding carboxylic acids is 1. The molecule has 0 aromatic carbocycles. The number of hydrogen-bond donors (Lipinski definition) is 0. The lowest BCUT2D eigenvalue weighted by Gasteiger charge is -2.36. The summed E-state index contributed by atoms with van der Waals surface area (Å²) < 4.78 is 0. The Hall–Kier alpha value is -1.79. The molecule has 3 fully saturated rings. The molecule has 2 aromatic rings. The van der Waals surface area contributed by atoms with E-state index >= 15 is 0 Å². The molecule has 5 nitrogen and oxygen atoms in total. The molecule has 138 valence electrons. The Bertz CT molecular complexity index is 775. The van der Waals surface area contributed by atoms with Crippen molar-refractivity contribution in [1.82, 2.24) is 19.8 Å². The average Bonchev–Trinajstić information content (AvgIpc) is 2.78. The first-order valence-corrected chi connectivity index (χ1v) is 10.2. The monoisotopic (exact) mass is 370 g/mol. The smallest absolute Gasteiger partial charge is 0.228 e. The van der Waals surface area contributed by atoms with E-state index < -0.39 is 0 Å². The Morgan fingerprint density at radius 2 is 2.15 bits per heavy atom. The highest BCUT2D eigenvalue weighted by Gasteiger charge is 2.37. The molecular formula is C20H26N4OS. The van der Waals surface area contributed by atoms with Crippen LogP contribution in [0, 0.1) is 19.8 Å². The molecule has 0 aliphatic carbocycles. The van der Waals surface area contributed by atoms with Gasteiger partial charge in [0.2, 0.25) is 5.91 Å². The van der Waals surface area contributed by atoms with Crippen LogP contribution in [0.15, 0.2) is 24.5 Å². The quantitative estimate of drug-likeness (QED) is 0.830. The molecule has 5 heterocycles. The molecule has 0 spiro atoms. The number of aromatic nitrogens is 2. The third-order valence-electron chi connectivity index (χ3n) is 5.55. The van der Waals surface area contributed by atoms with Gasteiger partial charge < -0.3 is 4.90 Å². The molecule has 1 amide bonds. The number of piperidine rings is 1. The summed E-state index contributed by atoms with van der Waals surface area (Å²) in [7, 11) is 0. The summed E-state index contributed by atoms with van der Waals surface area (Å²) in [5.74, 6) is 0.855. The molecule has 2 bridgehead atoms. The molecule has 0 radical (unpaired) electrons. The van der Waals surface area contributed by atoms with Gasteiger partial charge in [-0.15, -0.1) is 11.3 Å².